The van der Waals surface area contributed by atoms with Crippen LogP contribution in [-0.2, 0) is 12.8 Å². The number of carboxylic acid groups (broad SMARTS) is 1. The number of aliphatic hydroxyl groups excluding tert-OH is 1. The van der Waals surface area contributed by atoms with Crippen LogP contribution in [0.4, 0.5) is 5.69 Å². The van der Waals surface area contributed by atoms with E-state index in [9.17, 15) is 15.0 Å². The van der Waals surface area contributed by atoms with Crippen molar-refractivity contribution in [1.29, 1.82) is 0 Å². The number of nitrogens with two attached hydrogens (primary N) is 1. The van der Waals surface area contributed by atoms with Gasteiger partial charge in [-0.2, -0.15) is 0 Å². The number of aromatic carboxylic acids is 1. The number of aliphatic hydroxyl groups is 1. The van der Waals surface area contributed by atoms with Crippen molar-refractivity contribution in [3.05, 3.63) is 59.2 Å². The molecule has 0 saturated heterocycles. The third kappa shape index (κ3) is 5.72. The molecule has 0 fully saturated rings. The summed E-state index contributed by atoms with van der Waals surface area (Å²) in [5, 5.41) is 21.6. The van der Waals surface area contributed by atoms with E-state index in [0.29, 0.717) is 18.5 Å². The number of nitrogen functional groups attached to an aromatic ring is 1. The summed E-state index contributed by atoms with van der Waals surface area (Å²) in [6.45, 7) is 0.238. The summed E-state index contributed by atoms with van der Waals surface area (Å²) in [7, 11) is 0. The molecule has 6 heteroatoms. The molecule has 0 aliphatic heterocycles. The fourth-order valence-electron chi connectivity index (χ4n) is 3.70. The second-order valence-corrected chi connectivity index (χ2v) is 6.93. The molecule has 2 aromatic carbocycles. The van der Waals surface area contributed by atoms with Gasteiger partial charge >= 0.3 is 29.6 Å². The number of benzene rings is 2. The SMILES string of the molecule is Nc1c(C(=O)[O-])ccc2c1CC(C[C@H](O)COc1ccccc1)CCC2.[Na+]. The minimum Gasteiger partial charge on any atom is -0.545 e. The van der Waals surface area contributed by atoms with Gasteiger partial charge in [-0.1, -0.05) is 30.3 Å². The molecule has 5 nitrogen and oxygen atoms in total. The molecular formula is C21H24NNaO4. The molecule has 0 amide bonds. The molecule has 1 unspecified atom stereocenters. The van der Waals surface area contributed by atoms with E-state index < -0.39 is 12.1 Å². The van der Waals surface area contributed by atoms with E-state index in [4.69, 9.17) is 10.5 Å². The molecule has 0 aromatic heterocycles. The number of aryl methyl sites for hydroxylation is 1. The maximum absolute atomic E-state index is 11.2. The number of carbonyl (C=O) groups is 1. The van der Waals surface area contributed by atoms with Crippen molar-refractivity contribution >= 4 is 11.7 Å². The molecule has 0 saturated carbocycles. The smallest absolute Gasteiger partial charge is 0.545 e. The van der Waals surface area contributed by atoms with Crippen LogP contribution in [0, 0.1) is 5.92 Å². The van der Waals surface area contributed by atoms with Gasteiger partial charge in [0.05, 0.1) is 12.1 Å². The number of carbonyl (C=O) groups excluding carboxylic acids is 1. The molecule has 1 aliphatic carbocycles. The monoisotopic (exact) mass is 377 g/mol. The minimum absolute atomic E-state index is 0. The number of rotatable bonds is 6. The Morgan fingerprint density at radius 2 is 2.00 bits per heavy atom. The van der Waals surface area contributed by atoms with Gasteiger partial charge < -0.3 is 25.5 Å². The average molecular weight is 377 g/mol. The maximum atomic E-state index is 11.2. The second kappa shape index (κ2) is 10.1. The van der Waals surface area contributed by atoms with Crippen LogP contribution in [-0.4, -0.2) is 23.8 Å². The summed E-state index contributed by atoms with van der Waals surface area (Å²) in [6, 6.07) is 12.8. The van der Waals surface area contributed by atoms with Crippen molar-refractivity contribution in [2.75, 3.05) is 12.3 Å². The van der Waals surface area contributed by atoms with Gasteiger partial charge in [0.1, 0.15) is 12.4 Å². The zero-order valence-corrected chi connectivity index (χ0v) is 17.7. The van der Waals surface area contributed by atoms with Crippen LogP contribution >= 0.6 is 0 Å². The first-order valence-corrected chi connectivity index (χ1v) is 9.02. The molecule has 0 spiro atoms. The predicted molar refractivity (Wildman–Crippen MR) is 97.9 cm³/mol. The van der Waals surface area contributed by atoms with E-state index in [1.807, 2.05) is 36.4 Å². The van der Waals surface area contributed by atoms with Gasteiger partial charge in [0.25, 0.3) is 0 Å². The Morgan fingerprint density at radius 1 is 1.26 bits per heavy atom. The summed E-state index contributed by atoms with van der Waals surface area (Å²) in [5.74, 6) is -0.270. The predicted octanol–water partition coefficient (Wildman–Crippen LogP) is -1.04. The fourth-order valence-corrected chi connectivity index (χ4v) is 3.70. The molecule has 0 radical (unpaired) electrons. The number of anilines is 1. The zero-order chi connectivity index (χ0) is 18.5. The van der Waals surface area contributed by atoms with Gasteiger partial charge in [-0.3, -0.25) is 0 Å². The van der Waals surface area contributed by atoms with E-state index in [0.717, 1.165) is 36.1 Å². The number of fused-ring (bicyclic) bond motifs is 1. The van der Waals surface area contributed by atoms with Gasteiger partial charge in [0.15, 0.2) is 0 Å². The largest absolute Gasteiger partial charge is 1.00 e. The standard InChI is InChI=1S/C21H25NO4.Na/c22-20-18(21(24)25)10-9-15-6-4-5-14(12-19(15)20)11-16(23)13-26-17-7-2-1-3-8-17;/h1-3,7-10,14,16,23H,4-6,11-13,22H2,(H,24,25);/q;+1/p-1/t14?,16-;/m0./s1. The summed E-state index contributed by atoms with van der Waals surface area (Å²) >= 11 is 0. The number of carboxylic acids is 1. The van der Waals surface area contributed by atoms with Crippen molar-refractivity contribution in [2.24, 2.45) is 5.92 Å². The van der Waals surface area contributed by atoms with Crippen LogP contribution in [0.15, 0.2) is 42.5 Å². The average Bonchev–Trinajstić information content (AvgIpc) is 2.83. The summed E-state index contributed by atoms with van der Waals surface area (Å²) in [6.07, 6.45) is 3.53. The zero-order valence-electron chi connectivity index (χ0n) is 15.7. The molecular weight excluding hydrogens is 353 g/mol. The minimum atomic E-state index is -1.25. The summed E-state index contributed by atoms with van der Waals surface area (Å²) in [5.41, 5.74) is 8.45. The number of hydrogen-bond donors (Lipinski definition) is 2. The maximum Gasteiger partial charge on any atom is 1.00 e. The van der Waals surface area contributed by atoms with Crippen molar-refractivity contribution in [3.8, 4) is 5.75 Å². The first kappa shape index (κ1) is 21.8. The third-order valence-electron chi connectivity index (χ3n) is 5.02. The molecule has 27 heavy (non-hydrogen) atoms. The van der Waals surface area contributed by atoms with Crippen LogP contribution in [0.25, 0.3) is 0 Å². The van der Waals surface area contributed by atoms with Gasteiger partial charge in [0, 0.05) is 11.3 Å². The van der Waals surface area contributed by atoms with Crippen molar-refractivity contribution in [2.45, 2.75) is 38.2 Å². The Labute approximate surface area is 181 Å². The molecule has 2 aromatic rings. The number of hydrogen-bond acceptors (Lipinski definition) is 5. The Kier molecular flexibility index (Phi) is 8.17. The quantitative estimate of drug-likeness (QED) is 0.381. The summed E-state index contributed by atoms with van der Waals surface area (Å²) < 4.78 is 5.62. The van der Waals surface area contributed by atoms with Gasteiger partial charge in [0.2, 0.25) is 0 Å². The van der Waals surface area contributed by atoms with Crippen LogP contribution in [0.2, 0.25) is 0 Å². The van der Waals surface area contributed by atoms with E-state index in [1.165, 1.54) is 6.07 Å². The van der Waals surface area contributed by atoms with Crippen LogP contribution in [0.5, 0.6) is 5.75 Å². The first-order chi connectivity index (χ1) is 12.5. The van der Waals surface area contributed by atoms with Crippen molar-refractivity contribution in [1.82, 2.24) is 0 Å². The van der Waals surface area contributed by atoms with E-state index in [-0.39, 0.29) is 47.6 Å². The Morgan fingerprint density at radius 3 is 2.70 bits per heavy atom. The second-order valence-electron chi connectivity index (χ2n) is 6.93. The van der Waals surface area contributed by atoms with E-state index >= 15 is 0 Å². The van der Waals surface area contributed by atoms with E-state index in [1.54, 1.807) is 0 Å². The molecule has 0 heterocycles. The number of ether oxygens (including phenoxy) is 1. The number of para-hydroxylation sites is 1. The van der Waals surface area contributed by atoms with Crippen LogP contribution in [0.3, 0.4) is 0 Å². The topological polar surface area (TPSA) is 95.6 Å². The molecule has 3 N–H and O–H groups in total. The Hall–Kier alpha value is -1.53. The molecule has 138 valence electrons. The Balaban J connectivity index is 0.00000261. The van der Waals surface area contributed by atoms with Gasteiger partial charge in [-0.05, 0) is 61.3 Å². The van der Waals surface area contributed by atoms with Crippen molar-refractivity contribution < 1.29 is 49.3 Å². The van der Waals surface area contributed by atoms with Gasteiger partial charge in [-0.15, -0.1) is 0 Å². The fraction of sp³-hybridized carbons (Fsp3) is 0.381. The van der Waals surface area contributed by atoms with E-state index in [2.05, 4.69) is 0 Å². The summed E-state index contributed by atoms with van der Waals surface area (Å²) in [4.78, 5) is 11.2. The third-order valence-corrected chi connectivity index (χ3v) is 5.02. The molecule has 0 bridgehead atoms. The molecule has 1 aliphatic rings. The molecule has 2 atom stereocenters. The van der Waals surface area contributed by atoms with Crippen LogP contribution < -0.4 is 45.1 Å². The first-order valence-electron chi connectivity index (χ1n) is 9.02. The van der Waals surface area contributed by atoms with Gasteiger partial charge in [-0.25, -0.2) is 0 Å². The van der Waals surface area contributed by atoms with Crippen LogP contribution in [0.1, 0.15) is 40.7 Å². The Bertz CT molecular complexity index is 766. The molecule has 3 rings (SSSR count). The normalized spacial score (nSPS) is 17.1. The van der Waals surface area contributed by atoms with Crippen molar-refractivity contribution in [3.63, 3.8) is 0 Å².